The van der Waals surface area contributed by atoms with Crippen molar-refractivity contribution in [1.82, 2.24) is 15.0 Å². The minimum Gasteiger partial charge on any atom is -0.451 e. The third-order valence-electron chi connectivity index (χ3n) is 4.13. The van der Waals surface area contributed by atoms with Crippen molar-refractivity contribution in [2.24, 2.45) is 0 Å². The minimum atomic E-state index is -0.756. The molecular weight excluding hydrogens is 406 g/mol. The summed E-state index contributed by atoms with van der Waals surface area (Å²) in [7, 11) is 0. The van der Waals surface area contributed by atoms with Crippen molar-refractivity contribution in [3.8, 4) is 6.07 Å². The summed E-state index contributed by atoms with van der Waals surface area (Å²) in [5.41, 5.74) is 1.53. The van der Waals surface area contributed by atoms with E-state index in [2.05, 4.69) is 10.3 Å². The van der Waals surface area contributed by atoms with Gasteiger partial charge in [-0.1, -0.05) is 53.2 Å². The first-order valence-corrected chi connectivity index (χ1v) is 9.48. The van der Waals surface area contributed by atoms with Crippen molar-refractivity contribution >= 4 is 29.2 Å². The number of anilines is 1. The van der Waals surface area contributed by atoms with Crippen LogP contribution >= 0.6 is 11.6 Å². The molecule has 1 amide bonds. The third kappa shape index (κ3) is 5.65. The van der Waals surface area contributed by atoms with Crippen molar-refractivity contribution < 1.29 is 14.3 Å². The average Bonchev–Trinajstić information content (AvgIpc) is 3.21. The molecule has 8 nitrogen and oxygen atoms in total. The van der Waals surface area contributed by atoms with E-state index < -0.39 is 18.5 Å². The standard InChI is InChI=1S/C21H18ClN5O3/c22-17-8-4-9-18(12-17)27(11-5-10-23)20(28)15-30-21(29)19-14-26(25-24-19)13-16-6-2-1-3-7-16/h1-4,6-9,12,14H,5,11,13,15H2. The van der Waals surface area contributed by atoms with Crippen LogP contribution < -0.4 is 4.90 Å². The monoisotopic (exact) mass is 423 g/mol. The lowest BCUT2D eigenvalue weighted by molar-refractivity contribution is -0.121. The Bertz CT molecular complexity index is 1060. The maximum atomic E-state index is 12.6. The number of carbonyl (C=O) groups excluding carboxylic acids is 2. The lowest BCUT2D eigenvalue weighted by Gasteiger charge is -2.21. The van der Waals surface area contributed by atoms with Crippen LogP contribution in [0.15, 0.2) is 60.8 Å². The van der Waals surface area contributed by atoms with Crippen LogP contribution in [0.5, 0.6) is 0 Å². The quantitative estimate of drug-likeness (QED) is 0.516. The van der Waals surface area contributed by atoms with Crippen molar-refractivity contribution in [1.29, 1.82) is 5.26 Å². The van der Waals surface area contributed by atoms with Gasteiger partial charge in [0, 0.05) is 17.3 Å². The second kappa shape index (κ2) is 10.2. The molecule has 0 saturated carbocycles. The van der Waals surface area contributed by atoms with E-state index in [1.165, 1.54) is 15.8 Å². The fourth-order valence-corrected chi connectivity index (χ4v) is 2.91. The maximum absolute atomic E-state index is 12.6. The average molecular weight is 424 g/mol. The number of carbonyl (C=O) groups is 2. The maximum Gasteiger partial charge on any atom is 0.361 e. The predicted octanol–water partition coefficient (Wildman–Crippen LogP) is 3.08. The van der Waals surface area contributed by atoms with Gasteiger partial charge in [0.25, 0.3) is 5.91 Å². The second-order valence-electron chi connectivity index (χ2n) is 6.30. The number of aromatic nitrogens is 3. The Labute approximate surface area is 178 Å². The van der Waals surface area contributed by atoms with Gasteiger partial charge >= 0.3 is 5.97 Å². The van der Waals surface area contributed by atoms with Gasteiger partial charge in [0.05, 0.1) is 25.2 Å². The SMILES string of the molecule is N#CCCN(C(=O)COC(=O)c1cn(Cc2ccccc2)nn1)c1cccc(Cl)c1. The largest absolute Gasteiger partial charge is 0.451 e. The molecule has 30 heavy (non-hydrogen) atoms. The number of esters is 1. The first-order valence-electron chi connectivity index (χ1n) is 9.11. The Morgan fingerprint density at radius 3 is 2.70 bits per heavy atom. The van der Waals surface area contributed by atoms with Crippen LogP contribution in [0.4, 0.5) is 5.69 Å². The van der Waals surface area contributed by atoms with E-state index in [4.69, 9.17) is 21.6 Å². The van der Waals surface area contributed by atoms with Gasteiger partial charge in [0.2, 0.25) is 0 Å². The summed E-state index contributed by atoms with van der Waals surface area (Å²) in [5, 5.41) is 17.0. The summed E-state index contributed by atoms with van der Waals surface area (Å²) in [6, 6.07) is 18.3. The highest BCUT2D eigenvalue weighted by atomic mass is 35.5. The zero-order valence-corrected chi connectivity index (χ0v) is 16.7. The molecule has 0 bridgehead atoms. The summed E-state index contributed by atoms with van der Waals surface area (Å²) in [6.07, 6.45) is 1.59. The van der Waals surface area contributed by atoms with Gasteiger partial charge in [-0.25, -0.2) is 9.48 Å². The Balaban J connectivity index is 1.61. The molecule has 0 unspecified atom stereocenters. The number of rotatable bonds is 8. The highest BCUT2D eigenvalue weighted by molar-refractivity contribution is 6.30. The number of ether oxygens (including phenoxy) is 1. The number of amides is 1. The van der Waals surface area contributed by atoms with Crippen LogP contribution in [0.3, 0.4) is 0 Å². The molecule has 0 radical (unpaired) electrons. The topological polar surface area (TPSA) is 101 Å². The normalized spacial score (nSPS) is 10.3. The van der Waals surface area contributed by atoms with Gasteiger partial charge in [-0.3, -0.25) is 4.79 Å². The minimum absolute atomic E-state index is 0.00469. The lowest BCUT2D eigenvalue weighted by atomic mass is 10.2. The Morgan fingerprint density at radius 2 is 1.97 bits per heavy atom. The molecule has 3 aromatic rings. The van der Waals surface area contributed by atoms with Crippen molar-refractivity contribution in [3.63, 3.8) is 0 Å². The number of hydrogen-bond acceptors (Lipinski definition) is 6. The zero-order valence-electron chi connectivity index (χ0n) is 15.9. The van der Waals surface area contributed by atoms with E-state index in [9.17, 15) is 9.59 Å². The molecule has 1 heterocycles. The second-order valence-corrected chi connectivity index (χ2v) is 6.73. The summed E-state index contributed by atoms with van der Waals surface area (Å²) in [5.74, 6) is -1.23. The number of halogens is 1. The van der Waals surface area contributed by atoms with Gasteiger partial charge in [-0.2, -0.15) is 5.26 Å². The van der Waals surface area contributed by atoms with Gasteiger partial charge in [0.1, 0.15) is 0 Å². The first-order chi connectivity index (χ1) is 14.6. The van der Waals surface area contributed by atoms with Crippen molar-refractivity contribution in [3.05, 3.63) is 77.1 Å². The number of benzene rings is 2. The van der Waals surface area contributed by atoms with Gasteiger partial charge in [0.15, 0.2) is 12.3 Å². The molecule has 0 spiro atoms. The molecule has 3 rings (SSSR count). The van der Waals surface area contributed by atoms with Crippen LogP contribution in [0.1, 0.15) is 22.5 Å². The molecular formula is C21H18ClN5O3. The van der Waals surface area contributed by atoms with Crippen LogP contribution in [0.2, 0.25) is 5.02 Å². The van der Waals surface area contributed by atoms with Crippen LogP contribution in [-0.2, 0) is 16.1 Å². The highest BCUT2D eigenvalue weighted by Crippen LogP contribution is 2.20. The molecule has 0 saturated heterocycles. The van der Waals surface area contributed by atoms with Crippen LogP contribution in [0.25, 0.3) is 0 Å². The first kappa shape index (κ1) is 21.0. The Hall–Kier alpha value is -3.70. The molecule has 0 aliphatic heterocycles. The third-order valence-corrected chi connectivity index (χ3v) is 4.37. The predicted molar refractivity (Wildman–Crippen MR) is 110 cm³/mol. The summed E-state index contributed by atoms with van der Waals surface area (Å²) in [4.78, 5) is 26.2. The summed E-state index contributed by atoms with van der Waals surface area (Å²) >= 11 is 5.99. The van der Waals surface area contributed by atoms with Gasteiger partial charge < -0.3 is 9.64 Å². The number of hydrogen-bond donors (Lipinski definition) is 0. The van der Waals surface area contributed by atoms with E-state index >= 15 is 0 Å². The summed E-state index contributed by atoms with van der Waals surface area (Å²) in [6.45, 7) is 0.111. The van der Waals surface area contributed by atoms with Crippen molar-refractivity contribution in [2.75, 3.05) is 18.1 Å². The van der Waals surface area contributed by atoms with Crippen LogP contribution in [-0.4, -0.2) is 40.0 Å². The number of nitrogens with zero attached hydrogens (tertiary/aromatic N) is 5. The molecule has 0 aliphatic rings. The van der Waals surface area contributed by atoms with E-state index in [0.29, 0.717) is 17.3 Å². The fraction of sp³-hybridized carbons (Fsp3) is 0.190. The lowest BCUT2D eigenvalue weighted by Crippen LogP contribution is -2.35. The van der Waals surface area contributed by atoms with E-state index in [1.807, 2.05) is 36.4 Å². The molecule has 0 aliphatic carbocycles. The smallest absolute Gasteiger partial charge is 0.361 e. The molecule has 0 N–H and O–H groups in total. The fourth-order valence-electron chi connectivity index (χ4n) is 2.72. The van der Waals surface area contributed by atoms with E-state index in [-0.39, 0.29) is 18.7 Å². The van der Waals surface area contributed by atoms with E-state index in [1.54, 1.807) is 24.3 Å². The Kier molecular flexibility index (Phi) is 7.14. The molecule has 0 atom stereocenters. The number of nitriles is 1. The van der Waals surface area contributed by atoms with Crippen LogP contribution in [0, 0.1) is 11.3 Å². The highest BCUT2D eigenvalue weighted by Gasteiger charge is 2.20. The summed E-state index contributed by atoms with van der Waals surface area (Å²) < 4.78 is 6.62. The molecule has 2 aromatic carbocycles. The Morgan fingerprint density at radius 1 is 1.17 bits per heavy atom. The van der Waals surface area contributed by atoms with E-state index in [0.717, 1.165) is 5.56 Å². The zero-order chi connectivity index (χ0) is 21.3. The van der Waals surface area contributed by atoms with Crippen molar-refractivity contribution in [2.45, 2.75) is 13.0 Å². The molecule has 0 fully saturated rings. The van der Waals surface area contributed by atoms with Gasteiger partial charge in [-0.15, -0.1) is 5.10 Å². The molecule has 9 heteroatoms. The van der Waals surface area contributed by atoms with Gasteiger partial charge in [-0.05, 0) is 23.8 Å². The molecule has 1 aromatic heterocycles. The molecule has 152 valence electrons.